The Morgan fingerprint density at radius 2 is 2.00 bits per heavy atom. The molecule has 1 aromatic carbocycles. The van der Waals surface area contributed by atoms with E-state index in [0.29, 0.717) is 26.2 Å². The Morgan fingerprint density at radius 3 is 2.81 bits per heavy atom. The minimum Gasteiger partial charge on any atom is -0.379 e. The van der Waals surface area contributed by atoms with Gasteiger partial charge in [0.2, 0.25) is 5.91 Å². The highest BCUT2D eigenvalue weighted by Gasteiger charge is 2.24. The molecule has 3 aromatic rings. The largest absolute Gasteiger partial charge is 0.379 e. The molecule has 4 rings (SSSR count). The number of aromatic nitrogens is 2. The van der Waals surface area contributed by atoms with E-state index in [4.69, 9.17) is 4.74 Å². The Hall–Kier alpha value is -2.70. The molecule has 1 aliphatic heterocycles. The maximum absolute atomic E-state index is 12.6. The van der Waals surface area contributed by atoms with Gasteiger partial charge in [-0.05, 0) is 23.8 Å². The van der Waals surface area contributed by atoms with Crippen LogP contribution in [0.15, 0.2) is 54.9 Å². The first-order chi connectivity index (χ1) is 13.3. The SMILES string of the molecule is O=C(Cc1c[nH]c2ccccc12)NC[C@@H](c1ccccn1)N1CCOCC1. The van der Waals surface area contributed by atoms with E-state index < -0.39 is 0 Å². The Kier molecular flexibility index (Phi) is 5.46. The molecule has 0 aliphatic carbocycles. The van der Waals surface area contributed by atoms with Crippen molar-refractivity contribution in [1.82, 2.24) is 20.2 Å². The fourth-order valence-electron chi connectivity index (χ4n) is 3.61. The van der Waals surface area contributed by atoms with Gasteiger partial charge in [0.05, 0.1) is 31.4 Å². The second-order valence-electron chi connectivity index (χ2n) is 6.76. The number of hydrogen-bond donors (Lipinski definition) is 2. The van der Waals surface area contributed by atoms with Crippen LogP contribution in [-0.2, 0) is 16.0 Å². The quantitative estimate of drug-likeness (QED) is 0.704. The topological polar surface area (TPSA) is 70.2 Å². The first kappa shape index (κ1) is 17.7. The lowest BCUT2D eigenvalue weighted by molar-refractivity contribution is -0.120. The molecule has 3 heterocycles. The number of para-hydroxylation sites is 1. The number of H-pyrrole nitrogens is 1. The molecular weight excluding hydrogens is 340 g/mol. The van der Waals surface area contributed by atoms with Gasteiger partial charge in [-0.15, -0.1) is 0 Å². The molecule has 0 radical (unpaired) electrons. The van der Waals surface area contributed by atoms with Crippen molar-refractivity contribution < 1.29 is 9.53 Å². The highest BCUT2D eigenvalue weighted by atomic mass is 16.5. The van der Waals surface area contributed by atoms with Crippen LogP contribution in [0.2, 0.25) is 0 Å². The van der Waals surface area contributed by atoms with Gasteiger partial charge in [-0.25, -0.2) is 0 Å². The van der Waals surface area contributed by atoms with Gasteiger partial charge in [0.25, 0.3) is 0 Å². The summed E-state index contributed by atoms with van der Waals surface area (Å²) in [4.78, 5) is 22.6. The van der Waals surface area contributed by atoms with Crippen LogP contribution in [0.25, 0.3) is 10.9 Å². The number of ether oxygens (including phenoxy) is 1. The number of hydrogen-bond acceptors (Lipinski definition) is 4. The van der Waals surface area contributed by atoms with Crippen LogP contribution in [-0.4, -0.2) is 53.6 Å². The second-order valence-corrected chi connectivity index (χ2v) is 6.76. The van der Waals surface area contributed by atoms with E-state index >= 15 is 0 Å². The number of fused-ring (bicyclic) bond motifs is 1. The Bertz CT molecular complexity index is 887. The summed E-state index contributed by atoms with van der Waals surface area (Å²) in [6.45, 7) is 3.66. The number of carbonyl (C=O) groups is 1. The average Bonchev–Trinajstić information content (AvgIpc) is 3.13. The normalized spacial score (nSPS) is 16.3. The van der Waals surface area contributed by atoms with Crippen LogP contribution in [0, 0.1) is 0 Å². The molecule has 1 atom stereocenters. The minimum atomic E-state index is 0.0222. The van der Waals surface area contributed by atoms with Gasteiger partial charge in [0, 0.05) is 42.9 Å². The van der Waals surface area contributed by atoms with Crippen molar-refractivity contribution >= 4 is 16.8 Å². The lowest BCUT2D eigenvalue weighted by atomic mass is 10.1. The van der Waals surface area contributed by atoms with Crippen LogP contribution in [0.3, 0.4) is 0 Å². The average molecular weight is 364 g/mol. The molecule has 140 valence electrons. The summed E-state index contributed by atoms with van der Waals surface area (Å²) in [5.41, 5.74) is 3.05. The molecule has 1 amide bonds. The summed E-state index contributed by atoms with van der Waals surface area (Å²) in [7, 11) is 0. The predicted molar refractivity (Wildman–Crippen MR) is 104 cm³/mol. The third kappa shape index (κ3) is 4.18. The number of carbonyl (C=O) groups excluding carboxylic acids is 1. The highest BCUT2D eigenvalue weighted by molar-refractivity contribution is 5.88. The van der Waals surface area contributed by atoms with Gasteiger partial charge < -0.3 is 15.0 Å². The summed E-state index contributed by atoms with van der Waals surface area (Å²) in [5, 5.41) is 4.21. The van der Waals surface area contributed by atoms with Crippen LogP contribution in [0.5, 0.6) is 0 Å². The lowest BCUT2D eigenvalue weighted by Crippen LogP contribution is -2.44. The van der Waals surface area contributed by atoms with Crippen LogP contribution < -0.4 is 5.32 Å². The van der Waals surface area contributed by atoms with E-state index in [1.807, 2.05) is 48.7 Å². The number of amides is 1. The monoisotopic (exact) mass is 364 g/mol. The van der Waals surface area contributed by atoms with Gasteiger partial charge in [0.15, 0.2) is 0 Å². The van der Waals surface area contributed by atoms with Gasteiger partial charge in [-0.3, -0.25) is 14.7 Å². The van der Waals surface area contributed by atoms with E-state index in [1.54, 1.807) is 6.20 Å². The standard InChI is InChI=1S/C21H24N4O2/c26-21(13-16-14-23-18-6-2-1-5-17(16)18)24-15-20(19-7-3-4-8-22-19)25-9-11-27-12-10-25/h1-8,14,20,23H,9-13,15H2,(H,24,26)/t20-/m0/s1. The fraction of sp³-hybridized carbons (Fsp3) is 0.333. The molecule has 2 aromatic heterocycles. The van der Waals surface area contributed by atoms with Gasteiger partial charge >= 0.3 is 0 Å². The predicted octanol–water partition coefficient (Wildman–Crippen LogP) is 2.30. The van der Waals surface area contributed by atoms with Crippen molar-refractivity contribution in [2.24, 2.45) is 0 Å². The smallest absolute Gasteiger partial charge is 0.224 e. The van der Waals surface area contributed by atoms with E-state index in [-0.39, 0.29) is 11.9 Å². The number of benzene rings is 1. The van der Waals surface area contributed by atoms with Crippen molar-refractivity contribution in [3.8, 4) is 0 Å². The molecule has 0 spiro atoms. The van der Waals surface area contributed by atoms with Crippen molar-refractivity contribution in [3.63, 3.8) is 0 Å². The first-order valence-corrected chi connectivity index (χ1v) is 9.35. The third-order valence-electron chi connectivity index (χ3n) is 5.03. The van der Waals surface area contributed by atoms with Gasteiger partial charge in [-0.1, -0.05) is 24.3 Å². The third-order valence-corrected chi connectivity index (χ3v) is 5.03. The molecule has 0 bridgehead atoms. The minimum absolute atomic E-state index is 0.0222. The molecule has 27 heavy (non-hydrogen) atoms. The fourth-order valence-corrected chi connectivity index (χ4v) is 3.61. The maximum Gasteiger partial charge on any atom is 0.224 e. The van der Waals surface area contributed by atoms with Crippen molar-refractivity contribution in [1.29, 1.82) is 0 Å². The number of aromatic amines is 1. The summed E-state index contributed by atoms with van der Waals surface area (Å²) >= 11 is 0. The van der Waals surface area contributed by atoms with Gasteiger partial charge in [0.1, 0.15) is 0 Å². The Labute approximate surface area is 158 Å². The van der Waals surface area contributed by atoms with Crippen LogP contribution in [0.4, 0.5) is 0 Å². The van der Waals surface area contributed by atoms with Crippen molar-refractivity contribution in [2.45, 2.75) is 12.5 Å². The van der Waals surface area contributed by atoms with Crippen LogP contribution >= 0.6 is 0 Å². The summed E-state index contributed by atoms with van der Waals surface area (Å²) in [5.74, 6) is 0.0222. The zero-order valence-electron chi connectivity index (χ0n) is 15.2. The van der Waals surface area contributed by atoms with Crippen LogP contribution in [0.1, 0.15) is 17.3 Å². The number of morpholine rings is 1. The summed E-state index contributed by atoms with van der Waals surface area (Å²) in [6, 6.07) is 14.0. The molecule has 6 heteroatoms. The van der Waals surface area contributed by atoms with E-state index in [1.165, 1.54) is 0 Å². The highest BCUT2D eigenvalue weighted by Crippen LogP contribution is 2.20. The van der Waals surface area contributed by atoms with Crippen molar-refractivity contribution in [3.05, 3.63) is 66.1 Å². The Balaban J connectivity index is 1.43. The molecule has 1 aliphatic rings. The van der Waals surface area contributed by atoms with E-state index in [9.17, 15) is 4.79 Å². The molecule has 6 nitrogen and oxygen atoms in total. The molecular formula is C21H24N4O2. The number of nitrogens with one attached hydrogen (secondary N) is 2. The van der Waals surface area contributed by atoms with E-state index in [0.717, 1.165) is 35.2 Å². The summed E-state index contributed by atoms with van der Waals surface area (Å²) < 4.78 is 5.47. The molecule has 0 saturated carbocycles. The zero-order chi connectivity index (χ0) is 18.5. The lowest BCUT2D eigenvalue weighted by Gasteiger charge is -2.34. The van der Waals surface area contributed by atoms with E-state index in [2.05, 4.69) is 20.2 Å². The zero-order valence-corrected chi connectivity index (χ0v) is 15.2. The molecule has 0 unspecified atom stereocenters. The second kappa shape index (κ2) is 8.33. The number of nitrogens with zero attached hydrogens (tertiary/aromatic N) is 2. The number of pyridine rings is 1. The molecule has 1 saturated heterocycles. The first-order valence-electron chi connectivity index (χ1n) is 9.35. The van der Waals surface area contributed by atoms with Crippen molar-refractivity contribution in [2.75, 3.05) is 32.8 Å². The maximum atomic E-state index is 12.6. The molecule has 2 N–H and O–H groups in total. The molecule has 1 fully saturated rings. The van der Waals surface area contributed by atoms with Gasteiger partial charge in [-0.2, -0.15) is 0 Å². The Morgan fingerprint density at radius 1 is 1.19 bits per heavy atom. The number of rotatable bonds is 6. The summed E-state index contributed by atoms with van der Waals surface area (Å²) in [6.07, 6.45) is 4.08.